The summed E-state index contributed by atoms with van der Waals surface area (Å²) in [4.78, 5) is 25.7. The first-order chi connectivity index (χ1) is 8.61. The first-order valence-corrected chi connectivity index (χ1v) is 6.28. The zero-order chi connectivity index (χ0) is 13.4. The predicted octanol–water partition coefficient (Wildman–Crippen LogP) is 0.329. The number of thiazole rings is 1. The van der Waals surface area contributed by atoms with Crippen molar-refractivity contribution in [2.75, 3.05) is 25.5 Å². The maximum atomic E-state index is 11.0. The third-order valence-corrected chi connectivity index (χ3v) is 2.91. The lowest BCUT2D eigenvalue weighted by atomic mass is 10.2. The summed E-state index contributed by atoms with van der Waals surface area (Å²) in [5.74, 6) is -0.247. The van der Waals surface area contributed by atoms with Crippen molar-refractivity contribution in [2.24, 2.45) is 5.73 Å². The molecule has 0 aliphatic heterocycles. The van der Waals surface area contributed by atoms with Crippen molar-refractivity contribution in [3.05, 3.63) is 11.1 Å². The number of aromatic nitrogens is 1. The number of esters is 1. The van der Waals surface area contributed by atoms with E-state index in [9.17, 15) is 9.59 Å². The van der Waals surface area contributed by atoms with Crippen molar-refractivity contribution in [1.29, 1.82) is 0 Å². The Kier molecular flexibility index (Phi) is 5.92. The minimum atomic E-state index is -0.547. The van der Waals surface area contributed by atoms with E-state index in [0.29, 0.717) is 25.9 Å². The van der Waals surface area contributed by atoms with E-state index in [1.165, 1.54) is 18.4 Å². The zero-order valence-electron chi connectivity index (χ0n) is 10.1. The lowest BCUT2D eigenvalue weighted by Gasteiger charge is -2.02. The molecule has 0 unspecified atom stereocenters. The number of nitrogens with zero attached hydrogens (tertiary/aromatic N) is 1. The van der Waals surface area contributed by atoms with Gasteiger partial charge in [-0.2, -0.15) is 0 Å². The number of anilines is 1. The van der Waals surface area contributed by atoms with Crippen LogP contribution in [0.2, 0.25) is 0 Å². The number of primary amides is 1. The van der Waals surface area contributed by atoms with Crippen LogP contribution in [0.1, 0.15) is 12.1 Å². The Morgan fingerprint density at radius 1 is 1.50 bits per heavy atom. The fourth-order valence-electron chi connectivity index (χ4n) is 1.19. The third kappa shape index (κ3) is 5.48. The monoisotopic (exact) mass is 272 g/mol. The number of carbonyl (C=O) groups is 2. The van der Waals surface area contributed by atoms with Crippen molar-refractivity contribution >= 4 is 28.5 Å². The molecule has 4 N–H and O–H groups in total. The summed E-state index contributed by atoms with van der Waals surface area (Å²) < 4.78 is 4.55. The molecule has 0 spiro atoms. The van der Waals surface area contributed by atoms with Gasteiger partial charge in [0.15, 0.2) is 5.13 Å². The molecule has 0 atom stereocenters. The highest BCUT2D eigenvalue weighted by atomic mass is 32.1. The van der Waals surface area contributed by atoms with E-state index in [4.69, 9.17) is 5.73 Å². The second-order valence-corrected chi connectivity index (χ2v) is 4.30. The SMILES string of the molecule is COC(=O)CCc1csc(NCCNC(N)=O)n1. The molecule has 100 valence electrons. The Hall–Kier alpha value is -1.83. The highest BCUT2D eigenvalue weighted by molar-refractivity contribution is 7.13. The van der Waals surface area contributed by atoms with Crippen LogP contribution >= 0.6 is 11.3 Å². The molecule has 7 nitrogen and oxygen atoms in total. The van der Waals surface area contributed by atoms with Gasteiger partial charge < -0.3 is 21.1 Å². The Bertz CT molecular complexity index is 408. The molecule has 8 heteroatoms. The second kappa shape index (κ2) is 7.49. The smallest absolute Gasteiger partial charge is 0.312 e. The van der Waals surface area contributed by atoms with Gasteiger partial charge in [-0.15, -0.1) is 11.3 Å². The van der Waals surface area contributed by atoms with Crippen molar-refractivity contribution in [3.8, 4) is 0 Å². The molecule has 1 aromatic rings. The number of urea groups is 1. The first-order valence-electron chi connectivity index (χ1n) is 5.40. The van der Waals surface area contributed by atoms with E-state index in [2.05, 4.69) is 20.4 Å². The molecule has 0 bridgehead atoms. The standard InChI is InChI=1S/C10H16N4O3S/c1-17-8(15)3-2-7-6-18-10(14-7)13-5-4-12-9(11)16/h6H,2-5H2,1H3,(H,13,14)(H3,11,12,16). The third-order valence-electron chi connectivity index (χ3n) is 2.07. The van der Waals surface area contributed by atoms with E-state index in [1.807, 2.05) is 5.38 Å². The minimum absolute atomic E-state index is 0.247. The summed E-state index contributed by atoms with van der Waals surface area (Å²) in [6.07, 6.45) is 0.882. The number of carbonyl (C=O) groups excluding carboxylic acids is 2. The van der Waals surface area contributed by atoms with Gasteiger partial charge in [-0.25, -0.2) is 9.78 Å². The molecule has 0 saturated carbocycles. The van der Waals surface area contributed by atoms with Crippen molar-refractivity contribution in [2.45, 2.75) is 12.8 Å². The second-order valence-electron chi connectivity index (χ2n) is 3.44. The lowest BCUT2D eigenvalue weighted by molar-refractivity contribution is -0.140. The van der Waals surface area contributed by atoms with Gasteiger partial charge in [-0.05, 0) is 0 Å². The number of hydrogen-bond acceptors (Lipinski definition) is 6. The van der Waals surface area contributed by atoms with Crippen LogP contribution in [-0.4, -0.2) is 37.2 Å². The van der Waals surface area contributed by atoms with Crippen molar-refractivity contribution in [1.82, 2.24) is 10.3 Å². The summed E-state index contributed by atoms with van der Waals surface area (Å²) in [6.45, 7) is 0.985. The van der Waals surface area contributed by atoms with Crippen LogP contribution < -0.4 is 16.4 Å². The highest BCUT2D eigenvalue weighted by Gasteiger charge is 2.05. The average molecular weight is 272 g/mol. The molecule has 1 rings (SSSR count). The summed E-state index contributed by atoms with van der Waals surface area (Å²) in [5, 5.41) is 8.14. The van der Waals surface area contributed by atoms with Gasteiger partial charge in [0.1, 0.15) is 0 Å². The van der Waals surface area contributed by atoms with E-state index < -0.39 is 6.03 Å². The number of amides is 2. The number of hydrogen-bond donors (Lipinski definition) is 3. The number of rotatable bonds is 7. The Labute approximate surface area is 109 Å². The molecule has 2 amide bonds. The summed E-state index contributed by atoms with van der Waals surface area (Å²) in [7, 11) is 1.36. The zero-order valence-corrected chi connectivity index (χ0v) is 10.9. The Morgan fingerprint density at radius 3 is 2.94 bits per heavy atom. The van der Waals surface area contributed by atoms with Crippen LogP contribution in [0.4, 0.5) is 9.93 Å². The molecule has 18 heavy (non-hydrogen) atoms. The molecule has 0 saturated heterocycles. The molecule has 0 radical (unpaired) electrons. The molecule has 1 heterocycles. The fraction of sp³-hybridized carbons (Fsp3) is 0.500. The van der Waals surface area contributed by atoms with Gasteiger partial charge in [0, 0.05) is 24.9 Å². The van der Waals surface area contributed by atoms with Gasteiger partial charge in [0.05, 0.1) is 19.2 Å². The molecule has 0 fully saturated rings. The van der Waals surface area contributed by atoms with E-state index in [0.717, 1.165) is 10.8 Å². The van der Waals surface area contributed by atoms with Gasteiger partial charge in [-0.1, -0.05) is 0 Å². The largest absolute Gasteiger partial charge is 0.469 e. The number of nitrogens with two attached hydrogens (primary N) is 1. The van der Waals surface area contributed by atoms with Gasteiger partial charge in [-0.3, -0.25) is 4.79 Å². The topological polar surface area (TPSA) is 106 Å². The van der Waals surface area contributed by atoms with Crippen LogP contribution in [-0.2, 0) is 16.0 Å². The normalized spacial score (nSPS) is 9.83. The van der Waals surface area contributed by atoms with Crippen molar-refractivity contribution < 1.29 is 14.3 Å². The van der Waals surface area contributed by atoms with E-state index >= 15 is 0 Å². The minimum Gasteiger partial charge on any atom is -0.469 e. The number of nitrogens with one attached hydrogen (secondary N) is 2. The predicted molar refractivity (Wildman–Crippen MR) is 68.5 cm³/mol. The molecular formula is C10H16N4O3S. The van der Waals surface area contributed by atoms with Crippen LogP contribution in [0.5, 0.6) is 0 Å². The van der Waals surface area contributed by atoms with Gasteiger partial charge >= 0.3 is 12.0 Å². The number of ether oxygens (including phenoxy) is 1. The van der Waals surface area contributed by atoms with Crippen molar-refractivity contribution in [3.63, 3.8) is 0 Å². The molecule has 1 aromatic heterocycles. The quantitative estimate of drug-likeness (QED) is 0.490. The maximum absolute atomic E-state index is 11.0. The fourth-order valence-corrected chi connectivity index (χ4v) is 1.96. The number of aryl methyl sites for hydroxylation is 1. The maximum Gasteiger partial charge on any atom is 0.312 e. The summed E-state index contributed by atoms with van der Waals surface area (Å²) >= 11 is 1.45. The first kappa shape index (κ1) is 14.2. The van der Waals surface area contributed by atoms with E-state index in [-0.39, 0.29) is 5.97 Å². The summed E-state index contributed by atoms with van der Waals surface area (Å²) in [5.41, 5.74) is 5.77. The molecule has 0 aliphatic rings. The lowest BCUT2D eigenvalue weighted by Crippen LogP contribution is -2.33. The van der Waals surface area contributed by atoms with Crippen LogP contribution in [0.25, 0.3) is 0 Å². The average Bonchev–Trinajstić information content (AvgIpc) is 2.79. The van der Waals surface area contributed by atoms with Gasteiger partial charge in [0.25, 0.3) is 0 Å². The van der Waals surface area contributed by atoms with Gasteiger partial charge in [0.2, 0.25) is 0 Å². The molecule has 0 aliphatic carbocycles. The van der Waals surface area contributed by atoms with Crippen LogP contribution in [0.15, 0.2) is 5.38 Å². The van der Waals surface area contributed by atoms with Crippen LogP contribution in [0, 0.1) is 0 Å². The Balaban J connectivity index is 2.25. The molecule has 0 aromatic carbocycles. The Morgan fingerprint density at radius 2 is 2.28 bits per heavy atom. The highest BCUT2D eigenvalue weighted by Crippen LogP contribution is 2.16. The molecular weight excluding hydrogens is 256 g/mol. The van der Waals surface area contributed by atoms with E-state index in [1.54, 1.807) is 0 Å². The number of methoxy groups -OCH3 is 1. The van der Waals surface area contributed by atoms with Crippen LogP contribution in [0.3, 0.4) is 0 Å². The summed E-state index contributed by atoms with van der Waals surface area (Å²) in [6, 6.07) is -0.547.